The summed E-state index contributed by atoms with van der Waals surface area (Å²) in [5, 5.41) is 4.27. The number of carbonyl (C=O) groups excluding carboxylic acids is 1. The van der Waals surface area contributed by atoms with Crippen molar-refractivity contribution in [3.05, 3.63) is 46.2 Å². The highest BCUT2D eigenvalue weighted by molar-refractivity contribution is 7.99. The number of hydrogen-bond donors (Lipinski definition) is 0. The Morgan fingerprint density at radius 3 is 2.96 bits per heavy atom. The molecule has 0 saturated carbocycles. The van der Waals surface area contributed by atoms with Crippen LogP contribution in [0.4, 0.5) is 0 Å². The summed E-state index contributed by atoms with van der Waals surface area (Å²) in [6, 6.07) is 8.08. The largest absolute Gasteiger partial charge is 0.454 e. The molecule has 4 rings (SSSR count). The first-order valence-corrected chi connectivity index (χ1v) is 9.63. The number of amides is 1. The number of thioether (sulfide) groups is 1. The van der Waals surface area contributed by atoms with Crippen molar-refractivity contribution in [3.63, 3.8) is 0 Å². The summed E-state index contributed by atoms with van der Waals surface area (Å²) in [6.45, 7) is 1.90. The van der Waals surface area contributed by atoms with E-state index in [1.165, 1.54) is 5.56 Å². The highest BCUT2D eigenvalue weighted by Crippen LogP contribution is 2.40. The van der Waals surface area contributed by atoms with Crippen molar-refractivity contribution in [3.8, 4) is 11.5 Å². The monoisotopic (exact) mass is 347 g/mol. The van der Waals surface area contributed by atoms with E-state index in [1.54, 1.807) is 11.3 Å². The predicted octanol–water partition coefficient (Wildman–Crippen LogP) is 3.80. The molecule has 4 nitrogen and oxygen atoms in total. The lowest BCUT2D eigenvalue weighted by molar-refractivity contribution is 0.0767. The summed E-state index contributed by atoms with van der Waals surface area (Å²) >= 11 is 3.48. The molecule has 0 unspecified atom stereocenters. The maximum Gasteiger partial charge on any atom is 0.254 e. The van der Waals surface area contributed by atoms with Gasteiger partial charge in [0.1, 0.15) is 0 Å². The SMILES string of the molecule is O=C(c1ccsc1)N1CCS[C@H](c2ccc3c(c2)OCO3)CC1. The number of rotatable bonds is 2. The molecule has 120 valence electrons. The zero-order chi connectivity index (χ0) is 15.6. The third-order valence-corrected chi connectivity index (χ3v) is 6.18. The molecule has 2 aliphatic heterocycles. The molecule has 0 spiro atoms. The van der Waals surface area contributed by atoms with Gasteiger partial charge in [0, 0.05) is 29.5 Å². The van der Waals surface area contributed by atoms with Crippen LogP contribution < -0.4 is 9.47 Å². The van der Waals surface area contributed by atoms with Crippen LogP contribution in [-0.2, 0) is 0 Å². The first-order valence-electron chi connectivity index (χ1n) is 7.64. The minimum atomic E-state index is 0.151. The van der Waals surface area contributed by atoms with Gasteiger partial charge in [-0.05, 0) is 35.6 Å². The lowest BCUT2D eigenvalue weighted by Crippen LogP contribution is -2.32. The van der Waals surface area contributed by atoms with E-state index in [1.807, 2.05) is 39.6 Å². The maximum atomic E-state index is 12.5. The Morgan fingerprint density at radius 1 is 1.17 bits per heavy atom. The zero-order valence-corrected chi connectivity index (χ0v) is 14.2. The molecule has 3 heterocycles. The highest BCUT2D eigenvalue weighted by atomic mass is 32.2. The van der Waals surface area contributed by atoms with Crippen LogP contribution in [0.2, 0.25) is 0 Å². The Balaban J connectivity index is 1.46. The molecule has 0 aliphatic carbocycles. The molecule has 1 amide bonds. The minimum absolute atomic E-state index is 0.151. The first-order chi connectivity index (χ1) is 11.3. The van der Waals surface area contributed by atoms with Crippen molar-refractivity contribution in [2.45, 2.75) is 11.7 Å². The van der Waals surface area contributed by atoms with E-state index in [9.17, 15) is 4.79 Å². The van der Waals surface area contributed by atoms with E-state index in [0.29, 0.717) is 12.0 Å². The van der Waals surface area contributed by atoms with Crippen molar-refractivity contribution in [2.75, 3.05) is 25.6 Å². The van der Waals surface area contributed by atoms with Gasteiger partial charge < -0.3 is 14.4 Å². The predicted molar refractivity (Wildman–Crippen MR) is 92.6 cm³/mol. The lowest BCUT2D eigenvalue weighted by Gasteiger charge is -2.19. The summed E-state index contributed by atoms with van der Waals surface area (Å²) in [4.78, 5) is 14.5. The Morgan fingerprint density at radius 2 is 2.09 bits per heavy atom. The molecule has 1 fully saturated rings. The Hall–Kier alpha value is -1.66. The topological polar surface area (TPSA) is 38.8 Å². The third kappa shape index (κ3) is 3.05. The molecule has 2 aromatic rings. The molecular weight excluding hydrogens is 330 g/mol. The molecule has 23 heavy (non-hydrogen) atoms. The van der Waals surface area contributed by atoms with Crippen LogP contribution in [0.3, 0.4) is 0 Å². The second-order valence-corrected chi connectivity index (χ2v) is 7.66. The number of thiophene rings is 1. The number of ether oxygens (including phenoxy) is 2. The molecule has 1 aromatic heterocycles. The molecule has 0 N–H and O–H groups in total. The van der Waals surface area contributed by atoms with Crippen LogP contribution in [0, 0.1) is 0 Å². The number of benzene rings is 1. The van der Waals surface area contributed by atoms with Gasteiger partial charge in [0.05, 0.1) is 5.56 Å². The van der Waals surface area contributed by atoms with Crippen molar-refractivity contribution >= 4 is 29.0 Å². The van der Waals surface area contributed by atoms with Crippen LogP contribution >= 0.6 is 23.1 Å². The van der Waals surface area contributed by atoms with Gasteiger partial charge in [-0.1, -0.05) is 6.07 Å². The summed E-state index contributed by atoms with van der Waals surface area (Å²) in [7, 11) is 0. The number of fused-ring (bicyclic) bond motifs is 1. The second-order valence-electron chi connectivity index (χ2n) is 5.57. The summed E-state index contributed by atoms with van der Waals surface area (Å²) < 4.78 is 10.8. The minimum Gasteiger partial charge on any atom is -0.454 e. The van der Waals surface area contributed by atoms with E-state index >= 15 is 0 Å². The summed E-state index contributed by atoms with van der Waals surface area (Å²) in [5.41, 5.74) is 2.06. The van der Waals surface area contributed by atoms with Crippen molar-refractivity contribution in [1.82, 2.24) is 4.90 Å². The normalized spacial score (nSPS) is 20.3. The van der Waals surface area contributed by atoms with Gasteiger partial charge in [0.2, 0.25) is 6.79 Å². The molecule has 1 atom stereocenters. The molecule has 1 saturated heterocycles. The Bertz CT molecular complexity index is 702. The van der Waals surface area contributed by atoms with Crippen molar-refractivity contribution < 1.29 is 14.3 Å². The highest BCUT2D eigenvalue weighted by Gasteiger charge is 2.24. The first kappa shape index (κ1) is 14.9. The van der Waals surface area contributed by atoms with Crippen LogP contribution in [0.5, 0.6) is 11.5 Å². The quantitative estimate of drug-likeness (QED) is 0.828. The summed E-state index contributed by atoms with van der Waals surface area (Å²) in [6.07, 6.45) is 0.959. The van der Waals surface area contributed by atoms with E-state index in [4.69, 9.17) is 9.47 Å². The number of nitrogens with zero attached hydrogens (tertiary/aromatic N) is 1. The van der Waals surface area contributed by atoms with Gasteiger partial charge in [-0.15, -0.1) is 0 Å². The van der Waals surface area contributed by atoms with Crippen LogP contribution in [-0.4, -0.2) is 36.4 Å². The fourth-order valence-corrected chi connectivity index (χ4v) is 4.77. The Labute approximate surface area is 143 Å². The van der Waals surface area contributed by atoms with E-state index in [0.717, 1.165) is 42.3 Å². The lowest BCUT2D eigenvalue weighted by atomic mass is 10.1. The van der Waals surface area contributed by atoms with Crippen molar-refractivity contribution in [2.24, 2.45) is 0 Å². The second kappa shape index (κ2) is 6.45. The van der Waals surface area contributed by atoms with Crippen LogP contribution in [0.1, 0.15) is 27.6 Å². The van der Waals surface area contributed by atoms with Crippen molar-refractivity contribution in [1.29, 1.82) is 0 Å². The zero-order valence-electron chi connectivity index (χ0n) is 12.6. The van der Waals surface area contributed by atoms with Crippen LogP contribution in [0.15, 0.2) is 35.0 Å². The van der Waals surface area contributed by atoms with E-state index in [2.05, 4.69) is 12.1 Å². The molecule has 6 heteroatoms. The van der Waals surface area contributed by atoms with Gasteiger partial charge in [-0.3, -0.25) is 4.79 Å². The third-order valence-electron chi connectivity index (χ3n) is 4.17. The average Bonchev–Trinajstić information content (AvgIpc) is 3.20. The van der Waals surface area contributed by atoms with E-state index in [-0.39, 0.29) is 5.91 Å². The fraction of sp³-hybridized carbons (Fsp3) is 0.353. The van der Waals surface area contributed by atoms with Gasteiger partial charge in [-0.25, -0.2) is 0 Å². The molecule has 0 radical (unpaired) electrons. The van der Waals surface area contributed by atoms with Gasteiger partial charge in [0.15, 0.2) is 11.5 Å². The average molecular weight is 347 g/mol. The number of carbonyl (C=O) groups is 1. The molecule has 0 bridgehead atoms. The van der Waals surface area contributed by atoms with Gasteiger partial charge in [0.25, 0.3) is 5.91 Å². The van der Waals surface area contributed by atoms with Gasteiger partial charge in [-0.2, -0.15) is 23.1 Å². The maximum absolute atomic E-state index is 12.5. The molecule has 1 aromatic carbocycles. The Kier molecular flexibility index (Phi) is 4.18. The summed E-state index contributed by atoms with van der Waals surface area (Å²) in [5.74, 6) is 2.76. The molecular formula is C17H17NO3S2. The van der Waals surface area contributed by atoms with E-state index < -0.39 is 0 Å². The molecule has 2 aliphatic rings. The number of hydrogen-bond acceptors (Lipinski definition) is 5. The fourth-order valence-electron chi connectivity index (χ4n) is 2.92. The van der Waals surface area contributed by atoms with Gasteiger partial charge >= 0.3 is 0 Å². The van der Waals surface area contributed by atoms with Crippen LogP contribution in [0.25, 0.3) is 0 Å². The smallest absolute Gasteiger partial charge is 0.254 e. The standard InChI is InChI=1S/C17H17NO3S2/c19-17(13-4-7-22-10-13)18-5-3-16(23-8-6-18)12-1-2-14-15(9-12)21-11-20-14/h1-2,4,7,9-10,16H,3,5-6,8,11H2/t16-/m0/s1.